The minimum Gasteiger partial charge on any atom is -0.319 e. The second kappa shape index (κ2) is 6.09. The third-order valence-electron chi connectivity index (χ3n) is 2.37. The van der Waals surface area contributed by atoms with E-state index in [1.165, 1.54) is 0 Å². The van der Waals surface area contributed by atoms with Crippen molar-refractivity contribution in [3.05, 3.63) is 34.9 Å². The Morgan fingerprint density at radius 1 is 1.44 bits per heavy atom. The lowest BCUT2D eigenvalue weighted by molar-refractivity contribution is 0.101. The first kappa shape index (κ1) is 12.5. The summed E-state index contributed by atoms with van der Waals surface area (Å²) in [6.45, 7) is 4.47. The van der Waals surface area contributed by atoms with Crippen LogP contribution in [0.25, 0.3) is 0 Å². The van der Waals surface area contributed by atoms with Gasteiger partial charge in [-0.05, 0) is 32.5 Å². The van der Waals surface area contributed by atoms with Gasteiger partial charge in [-0.25, -0.2) is 0 Å². The molecule has 0 saturated heterocycles. The van der Waals surface area contributed by atoms with Gasteiger partial charge in [-0.1, -0.05) is 24.0 Å². The van der Waals surface area contributed by atoms with E-state index in [-0.39, 0.29) is 5.78 Å². The molecule has 0 atom stereocenters. The van der Waals surface area contributed by atoms with Gasteiger partial charge < -0.3 is 5.32 Å². The molecule has 84 valence electrons. The second-order valence-corrected chi connectivity index (χ2v) is 3.74. The van der Waals surface area contributed by atoms with E-state index in [4.69, 9.17) is 0 Å². The van der Waals surface area contributed by atoms with Gasteiger partial charge in [-0.2, -0.15) is 0 Å². The maximum Gasteiger partial charge on any atom is 0.159 e. The molecule has 16 heavy (non-hydrogen) atoms. The molecule has 0 aliphatic rings. The summed E-state index contributed by atoms with van der Waals surface area (Å²) in [5, 5.41) is 3.04. The van der Waals surface area contributed by atoms with Crippen molar-refractivity contribution in [1.82, 2.24) is 5.32 Å². The third-order valence-corrected chi connectivity index (χ3v) is 2.37. The fraction of sp³-hybridized carbons (Fsp3) is 0.357. The fourth-order valence-corrected chi connectivity index (χ4v) is 1.32. The Kier molecular flexibility index (Phi) is 4.75. The van der Waals surface area contributed by atoms with Crippen LogP contribution in [0.2, 0.25) is 0 Å². The minimum atomic E-state index is 0.0817. The SMILES string of the molecule is CNCCC#Cc1cc(C(C)=O)ccc1C. The molecule has 0 heterocycles. The molecule has 0 unspecified atom stereocenters. The van der Waals surface area contributed by atoms with Crippen LogP contribution in [0.1, 0.15) is 34.8 Å². The van der Waals surface area contributed by atoms with E-state index >= 15 is 0 Å². The Bertz CT molecular complexity index is 438. The highest BCUT2D eigenvalue weighted by atomic mass is 16.1. The first-order valence-electron chi connectivity index (χ1n) is 5.40. The number of Topliss-reactive ketones (excluding diaryl/α,β-unsaturated/α-hetero) is 1. The molecule has 1 aromatic carbocycles. The van der Waals surface area contributed by atoms with Crippen LogP contribution in [0.15, 0.2) is 18.2 Å². The topological polar surface area (TPSA) is 29.1 Å². The van der Waals surface area contributed by atoms with Crippen LogP contribution in [-0.4, -0.2) is 19.4 Å². The summed E-state index contributed by atoms with van der Waals surface area (Å²) in [5.74, 6) is 6.27. The average Bonchev–Trinajstić information content (AvgIpc) is 2.26. The van der Waals surface area contributed by atoms with Gasteiger partial charge in [0.25, 0.3) is 0 Å². The zero-order chi connectivity index (χ0) is 12.0. The van der Waals surface area contributed by atoms with Crippen molar-refractivity contribution < 1.29 is 4.79 Å². The van der Waals surface area contributed by atoms with E-state index in [0.717, 1.165) is 29.7 Å². The maximum absolute atomic E-state index is 11.2. The minimum absolute atomic E-state index is 0.0817. The second-order valence-electron chi connectivity index (χ2n) is 3.74. The van der Waals surface area contributed by atoms with Crippen LogP contribution in [0.4, 0.5) is 0 Å². The molecule has 0 aliphatic carbocycles. The number of aryl methyl sites for hydroxylation is 1. The van der Waals surface area contributed by atoms with Crippen LogP contribution in [0, 0.1) is 18.8 Å². The smallest absolute Gasteiger partial charge is 0.159 e. The lowest BCUT2D eigenvalue weighted by Gasteiger charge is -2.00. The fourth-order valence-electron chi connectivity index (χ4n) is 1.32. The number of ketones is 1. The number of benzene rings is 1. The monoisotopic (exact) mass is 215 g/mol. The van der Waals surface area contributed by atoms with E-state index in [9.17, 15) is 4.79 Å². The molecule has 2 heteroatoms. The van der Waals surface area contributed by atoms with Gasteiger partial charge in [0.2, 0.25) is 0 Å². The van der Waals surface area contributed by atoms with Crippen molar-refractivity contribution in [2.24, 2.45) is 0 Å². The molecule has 1 rings (SSSR count). The number of rotatable bonds is 3. The van der Waals surface area contributed by atoms with Gasteiger partial charge in [0.1, 0.15) is 0 Å². The molecule has 1 N–H and O–H groups in total. The molecular weight excluding hydrogens is 198 g/mol. The molecule has 0 spiro atoms. The summed E-state index contributed by atoms with van der Waals surface area (Å²) in [6, 6.07) is 5.65. The van der Waals surface area contributed by atoms with Gasteiger partial charge in [-0.3, -0.25) is 4.79 Å². The first-order valence-corrected chi connectivity index (χ1v) is 5.40. The molecule has 0 aliphatic heterocycles. The third kappa shape index (κ3) is 3.52. The van der Waals surface area contributed by atoms with Gasteiger partial charge in [0.05, 0.1) is 0 Å². The van der Waals surface area contributed by atoms with Crippen LogP contribution in [-0.2, 0) is 0 Å². The summed E-state index contributed by atoms with van der Waals surface area (Å²) in [4.78, 5) is 11.2. The van der Waals surface area contributed by atoms with E-state index in [0.29, 0.717) is 0 Å². The van der Waals surface area contributed by atoms with E-state index in [1.54, 1.807) is 6.92 Å². The predicted octanol–water partition coefficient (Wildman–Crippen LogP) is 2.16. The van der Waals surface area contributed by atoms with Crippen molar-refractivity contribution in [1.29, 1.82) is 0 Å². The van der Waals surface area contributed by atoms with Crippen molar-refractivity contribution in [3.8, 4) is 11.8 Å². The molecule has 0 amide bonds. The Morgan fingerprint density at radius 2 is 2.19 bits per heavy atom. The summed E-state index contributed by atoms with van der Waals surface area (Å²) in [5.41, 5.74) is 2.79. The molecular formula is C14H17NO. The van der Waals surface area contributed by atoms with E-state index < -0.39 is 0 Å². The lowest BCUT2D eigenvalue weighted by Crippen LogP contribution is -2.05. The zero-order valence-corrected chi connectivity index (χ0v) is 10.1. The first-order chi connectivity index (χ1) is 7.65. The van der Waals surface area contributed by atoms with Crippen molar-refractivity contribution in [2.75, 3.05) is 13.6 Å². The van der Waals surface area contributed by atoms with Gasteiger partial charge >= 0.3 is 0 Å². The Balaban J connectivity index is 2.88. The highest BCUT2D eigenvalue weighted by Crippen LogP contribution is 2.10. The molecule has 0 fully saturated rings. The van der Waals surface area contributed by atoms with Crippen molar-refractivity contribution in [2.45, 2.75) is 20.3 Å². The summed E-state index contributed by atoms with van der Waals surface area (Å²) < 4.78 is 0. The number of hydrogen-bond acceptors (Lipinski definition) is 2. The highest BCUT2D eigenvalue weighted by molar-refractivity contribution is 5.94. The summed E-state index contributed by atoms with van der Waals surface area (Å²) >= 11 is 0. The normalized spacial score (nSPS) is 9.44. The van der Waals surface area contributed by atoms with Gasteiger partial charge in [0.15, 0.2) is 5.78 Å². The van der Waals surface area contributed by atoms with Crippen molar-refractivity contribution in [3.63, 3.8) is 0 Å². The van der Waals surface area contributed by atoms with E-state index in [2.05, 4.69) is 17.2 Å². The van der Waals surface area contributed by atoms with Gasteiger partial charge in [0, 0.05) is 24.1 Å². The van der Waals surface area contributed by atoms with Crippen LogP contribution < -0.4 is 5.32 Å². The quantitative estimate of drug-likeness (QED) is 0.475. The molecule has 0 bridgehead atoms. The van der Waals surface area contributed by atoms with Crippen LogP contribution >= 0.6 is 0 Å². The molecule has 0 saturated carbocycles. The summed E-state index contributed by atoms with van der Waals surface area (Å²) in [7, 11) is 1.91. The molecule has 0 aromatic heterocycles. The van der Waals surface area contributed by atoms with Crippen molar-refractivity contribution >= 4 is 5.78 Å². The lowest BCUT2D eigenvalue weighted by atomic mass is 10.0. The van der Waals surface area contributed by atoms with Crippen LogP contribution in [0.3, 0.4) is 0 Å². The standard InChI is InChI=1S/C14H17NO/c1-11-7-8-14(12(2)16)10-13(11)6-4-5-9-15-3/h7-8,10,15H,5,9H2,1-3H3. The largest absolute Gasteiger partial charge is 0.319 e. The molecule has 2 nitrogen and oxygen atoms in total. The highest BCUT2D eigenvalue weighted by Gasteiger charge is 2.01. The summed E-state index contributed by atoms with van der Waals surface area (Å²) in [6.07, 6.45) is 0.820. The molecule has 1 aromatic rings. The zero-order valence-electron chi connectivity index (χ0n) is 10.1. The number of carbonyl (C=O) groups is 1. The van der Waals surface area contributed by atoms with E-state index in [1.807, 2.05) is 32.2 Å². The Morgan fingerprint density at radius 3 is 2.81 bits per heavy atom. The van der Waals surface area contributed by atoms with Crippen LogP contribution in [0.5, 0.6) is 0 Å². The average molecular weight is 215 g/mol. The Hall–Kier alpha value is -1.59. The number of nitrogens with one attached hydrogen (secondary N) is 1. The van der Waals surface area contributed by atoms with Gasteiger partial charge in [-0.15, -0.1) is 0 Å². The predicted molar refractivity (Wildman–Crippen MR) is 66.6 cm³/mol. The molecule has 0 radical (unpaired) electrons. The number of hydrogen-bond donors (Lipinski definition) is 1. The maximum atomic E-state index is 11.2. The number of carbonyl (C=O) groups excluding carboxylic acids is 1. The Labute approximate surface area is 97.1 Å².